The van der Waals surface area contributed by atoms with Crippen LogP contribution in [0, 0.1) is 11.7 Å². The van der Waals surface area contributed by atoms with Gasteiger partial charge in [0.05, 0.1) is 6.61 Å². The zero-order chi connectivity index (χ0) is 16.8. The molecule has 2 rings (SSSR count). The van der Waals surface area contributed by atoms with Crippen LogP contribution in [0.3, 0.4) is 0 Å². The molecule has 23 heavy (non-hydrogen) atoms. The smallest absolute Gasteiger partial charge is 0.409 e. The molecule has 1 heterocycles. The zero-order valence-corrected chi connectivity index (χ0v) is 14.3. The molecular formula is C18H27FN2O2. The summed E-state index contributed by atoms with van der Waals surface area (Å²) in [4.78, 5) is 16.2. The predicted molar refractivity (Wildman–Crippen MR) is 88.8 cm³/mol. The van der Waals surface area contributed by atoms with Crippen molar-refractivity contribution in [1.82, 2.24) is 9.80 Å². The van der Waals surface area contributed by atoms with Crippen LogP contribution in [0.1, 0.15) is 38.8 Å². The minimum atomic E-state index is -0.223. The van der Waals surface area contributed by atoms with Crippen molar-refractivity contribution < 1.29 is 13.9 Å². The maximum absolute atomic E-state index is 13.4. The van der Waals surface area contributed by atoms with Crippen LogP contribution < -0.4 is 0 Å². The largest absolute Gasteiger partial charge is 0.449 e. The first-order valence-electron chi connectivity index (χ1n) is 8.38. The van der Waals surface area contributed by atoms with E-state index in [1.807, 2.05) is 19.9 Å². The van der Waals surface area contributed by atoms with Gasteiger partial charge in [-0.15, -0.1) is 0 Å². The maximum Gasteiger partial charge on any atom is 0.409 e. The first-order chi connectivity index (χ1) is 11.0. The Balaban J connectivity index is 1.91. The zero-order valence-electron chi connectivity index (χ0n) is 14.3. The van der Waals surface area contributed by atoms with Crippen molar-refractivity contribution >= 4 is 6.09 Å². The summed E-state index contributed by atoms with van der Waals surface area (Å²) >= 11 is 0. The summed E-state index contributed by atoms with van der Waals surface area (Å²) in [6.45, 7) is 9.62. The van der Waals surface area contributed by atoms with Crippen molar-refractivity contribution in [3.05, 3.63) is 35.6 Å². The molecule has 1 aliphatic heterocycles. The number of nitrogens with zero attached hydrogens (tertiary/aromatic N) is 2. The van der Waals surface area contributed by atoms with Gasteiger partial charge in [0.2, 0.25) is 0 Å². The van der Waals surface area contributed by atoms with E-state index in [1.165, 1.54) is 6.07 Å². The molecule has 0 radical (unpaired) electrons. The van der Waals surface area contributed by atoms with Crippen LogP contribution in [0.2, 0.25) is 0 Å². The van der Waals surface area contributed by atoms with E-state index in [9.17, 15) is 9.18 Å². The van der Waals surface area contributed by atoms with Gasteiger partial charge in [-0.1, -0.05) is 26.0 Å². The summed E-state index contributed by atoms with van der Waals surface area (Å²) in [6, 6.07) is 6.88. The lowest BCUT2D eigenvalue weighted by molar-refractivity contribution is 0.0924. The molecule has 0 N–H and O–H groups in total. The molecule has 1 unspecified atom stereocenters. The van der Waals surface area contributed by atoms with E-state index in [-0.39, 0.29) is 18.0 Å². The van der Waals surface area contributed by atoms with E-state index in [2.05, 4.69) is 11.8 Å². The fourth-order valence-electron chi connectivity index (χ4n) is 2.81. The minimum Gasteiger partial charge on any atom is -0.449 e. The van der Waals surface area contributed by atoms with Crippen molar-refractivity contribution in [2.45, 2.75) is 33.2 Å². The molecule has 0 spiro atoms. The third-order valence-corrected chi connectivity index (χ3v) is 4.21. The lowest BCUT2D eigenvalue weighted by atomic mass is 10.1. The van der Waals surface area contributed by atoms with E-state index in [0.717, 1.165) is 25.1 Å². The van der Waals surface area contributed by atoms with E-state index in [1.54, 1.807) is 17.0 Å². The van der Waals surface area contributed by atoms with Crippen molar-refractivity contribution in [2.24, 2.45) is 5.92 Å². The normalized spacial score (nSPS) is 17.9. The summed E-state index contributed by atoms with van der Waals surface area (Å²) in [7, 11) is 0. The van der Waals surface area contributed by atoms with Crippen molar-refractivity contribution in [1.29, 1.82) is 0 Å². The second kappa shape index (κ2) is 8.29. The Bertz CT molecular complexity index is 521. The first kappa shape index (κ1) is 17.7. The van der Waals surface area contributed by atoms with Crippen molar-refractivity contribution in [2.75, 3.05) is 32.8 Å². The Morgan fingerprint density at radius 1 is 1.22 bits per heavy atom. The van der Waals surface area contributed by atoms with Gasteiger partial charge in [0.1, 0.15) is 5.82 Å². The summed E-state index contributed by atoms with van der Waals surface area (Å²) in [6.07, 6.45) is 0.676. The number of halogens is 1. The second-order valence-electron chi connectivity index (χ2n) is 6.58. The highest BCUT2D eigenvalue weighted by Gasteiger charge is 2.23. The van der Waals surface area contributed by atoms with E-state index in [0.29, 0.717) is 25.6 Å². The maximum atomic E-state index is 13.4. The lowest BCUT2D eigenvalue weighted by Crippen LogP contribution is -2.36. The molecule has 1 aromatic carbocycles. The first-order valence-corrected chi connectivity index (χ1v) is 8.38. The van der Waals surface area contributed by atoms with Gasteiger partial charge < -0.3 is 9.64 Å². The molecule has 0 aliphatic carbocycles. The van der Waals surface area contributed by atoms with Gasteiger partial charge in [-0.2, -0.15) is 0 Å². The fourth-order valence-corrected chi connectivity index (χ4v) is 2.81. The Morgan fingerprint density at radius 2 is 2.00 bits per heavy atom. The van der Waals surface area contributed by atoms with E-state index < -0.39 is 0 Å². The molecule has 1 amide bonds. The number of amides is 1. The average molecular weight is 322 g/mol. The highest BCUT2D eigenvalue weighted by molar-refractivity contribution is 5.67. The van der Waals surface area contributed by atoms with Crippen LogP contribution in [0.4, 0.5) is 9.18 Å². The highest BCUT2D eigenvalue weighted by atomic mass is 19.1. The summed E-state index contributed by atoms with van der Waals surface area (Å²) in [5, 5.41) is 0. The molecule has 1 aliphatic rings. The van der Waals surface area contributed by atoms with E-state index >= 15 is 0 Å². The standard InChI is InChI=1S/C18H27FN2O2/c1-14(2)13-23-18(22)21-9-5-8-20(10-11-21)15(3)16-6-4-7-17(19)12-16/h4,6-7,12,14-15H,5,8-11,13H2,1-3H3. The lowest BCUT2D eigenvalue weighted by Gasteiger charge is -2.28. The van der Waals surface area contributed by atoms with Crippen LogP contribution in [0.25, 0.3) is 0 Å². The van der Waals surface area contributed by atoms with Gasteiger partial charge >= 0.3 is 6.09 Å². The second-order valence-corrected chi connectivity index (χ2v) is 6.58. The molecular weight excluding hydrogens is 295 g/mol. The topological polar surface area (TPSA) is 32.8 Å². The Kier molecular flexibility index (Phi) is 6.39. The van der Waals surface area contributed by atoms with Crippen molar-refractivity contribution in [3.63, 3.8) is 0 Å². The van der Waals surface area contributed by atoms with Gasteiger partial charge in [-0.25, -0.2) is 9.18 Å². The Hall–Kier alpha value is -1.62. The quantitative estimate of drug-likeness (QED) is 0.847. The third kappa shape index (κ3) is 5.20. The third-order valence-electron chi connectivity index (χ3n) is 4.21. The molecule has 1 aromatic rings. The molecule has 5 heteroatoms. The molecule has 128 valence electrons. The van der Waals surface area contributed by atoms with Crippen LogP contribution in [0.5, 0.6) is 0 Å². The molecule has 1 saturated heterocycles. The highest BCUT2D eigenvalue weighted by Crippen LogP contribution is 2.22. The SMILES string of the molecule is CC(C)COC(=O)N1CCCN(C(C)c2cccc(F)c2)CC1. The Labute approximate surface area is 138 Å². The molecule has 1 atom stereocenters. The molecule has 4 nitrogen and oxygen atoms in total. The summed E-state index contributed by atoms with van der Waals surface area (Å²) in [5.41, 5.74) is 0.973. The minimum absolute atomic E-state index is 0.136. The van der Waals surface area contributed by atoms with Crippen LogP contribution >= 0.6 is 0 Å². The molecule has 0 bridgehead atoms. The predicted octanol–water partition coefficient (Wildman–Crippen LogP) is 3.69. The number of hydrogen-bond acceptors (Lipinski definition) is 3. The number of hydrogen-bond donors (Lipinski definition) is 0. The number of benzene rings is 1. The monoisotopic (exact) mass is 322 g/mol. The van der Waals surface area contributed by atoms with Gasteiger partial charge in [0.15, 0.2) is 0 Å². The molecule has 0 aromatic heterocycles. The van der Waals surface area contributed by atoms with Crippen LogP contribution in [0.15, 0.2) is 24.3 Å². The Morgan fingerprint density at radius 3 is 2.70 bits per heavy atom. The van der Waals surface area contributed by atoms with Gasteiger partial charge in [0.25, 0.3) is 0 Å². The van der Waals surface area contributed by atoms with Crippen LogP contribution in [-0.4, -0.2) is 48.7 Å². The number of carbonyl (C=O) groups excluding carboxylic acids is 1. The van der Waals surface area contributed by atoms with Gasteiger partial charge in [-0.3, -0.25) is 4.90 Å². The number of ether oxygens (including phenoxy) is 1. The van der Waals surface area contributed by atoms with Crippen LogP contribution in [-0.2, 0) is 4.74 Å². The van der Waals surface area contributed by atoms with E-state index in [4.69, 9.17) is 4.74 Å². The fraction of sp³-hybridized carbons (Fsp3) is 0.611. The molecule has 0 saturated carbocycles. The number of rotatable bonds is 4. The summed E-state index contributed by atoms with van der Waals surface area (Å²) in [5.74, 6) is 0.137. The summed E-state index contributed by atoms with van der Waals surface area (Å²) < 4.78 is 18.7. The van der Waals surface area contributed by atoms with Gasteiger partial charge in [-0.05, 0) is 37.0 Å². The molecule has 1 fully saturated rings. The van der Waals surface area contributed by atoms with Crippen molar-refractivity contribution in [3.8, 4) is 0 Å². The van der Waals surface area contributed by atoms with Gasteiger partial charge in [0, 0.05) is 32.2 Å². The average Bonchev–Trinajstić information content (AvgIpc) is 2.78. The number of carbonyl (C=O) groups is 1.